The van der Waals surface area contributed by atoms with Gasteiger partial charge < -0.3 is 15.5 Å². The van der Waals surface area contributed by atoms with Crippen molar-refractivity contribution < 1.29 is 9.21 Å². The van der Waals surface area contributed by atoms with E-state index < -0.39 is 0 Å². The van der Waals surface area contributed by atoms with Crippen molar-refractivity contribution in [2.45, 2.75) is 19.9 Å². The van der Waals surface area contributed by atoms with E-state index in [2.05, 4.69) is 27.1 Å². The van der Waals surface area contributed by atoms with Gasteiger partial charge in [0, 0.05) is 12.4 Å². The first kappa shape index (κ1) is 14.8. The number of aromatic nitrogens is 2. The lowest BCUT2D eigenvalue weighted by atomic mass is 10.1. The maximum absolute atomic E-state index is 12.3. The normalized spacial score (nSPS) is 11.4. The van der Waals surface area contributed by atoms with Crippen molar-refractivity contribution in [2.75, 3.05) is 6.54 Å². The number of nitrogens with one attached hydrogen (secondary N) is 1. The molecule has 6 heteroatoms. The van der Waals surface area contributed by atoms with Crippen LogP contribution in [0.25, 0.3) is 0 Å². The van der Waals surface area contributed by atoms with E-state index in [4.69, 9.17) is 10.2 Å². The number of hydrogen-bond donors (Lipinski definition) is 2. The fraction of sp³-hybridized carbons (Fsp3) is 0.267. The molecule has 0 aromatic carbocycles. The smallest absolute Gasteiger partial charge is 0.253 e. The summed E-state index contributed by atoms with van der Waals surface area (Å²) in [7, 11) is 0. The number of amides is 1. The third-order valence-electron chi connectivity index (χ3n) is 2.75. The Morgan fingerprint density at radius 1 is 1.52 bits per heavy atom. The third kappa shape index (κ3) is 3.68. The maximum Gasteiger partial charge on any atom is 0.253 e. The quantitative estimate of drug-likeness (QED) is 0.825. The topological polar surface area (TPSA) is 94.0 Å². The zero-order valence-corrected chi connectivity index (χ0v) is 11.9. The molecule has 0 aliphatic heterocycles. The van der Waals surface area contributed by atoms with Gasteiger partial charge in [0.1, 0.15) is 11.8 Å². The maximum atomic E-state index is 12.3. The average molecular weight is 284 g/mol. The second-order valence-electron chi connectivity index (χ2n) is 4.43. The predicted molar refractivity (Wildman–Crippen MR) is 77.3 cm³/mol. The first-order valence-corrected chi connectivity index (χ1v) is 6.48. The Morgan fingerprint density at radius 2 is 2.33 bits per heavy atom. The molecule has 0 saturated heterocycles. The molecular weight excluding hydrogens is 268 g/mol. The van der Waals surface area contributed by atoms with Crippen molar-refractivity contribution in [3.63, 3.8) is 0 Å². The van der Waals surface area contributed by atoms with E-state index in [9.17, 15) is 4.79 Å². The van der Waals surface area contributed by atoms with Crippen LogP contribution in [0.3, 0.4) is 0 Å². The van der Waals surface area contributed by atoms with Crippen LogP contribution in [0.5, 0.6) is 0 Å². The highest BCUT2D eigenvalue weighted by molar-refractivity contribution is 5.96. The molecule has 1 unspecified atom stereocenters. The Labute approximate surface area is 122 Å². The van der Waals surface area contributed by atoms with Crippen molar-refractivity contribution in [1.29, 1.82) is 0 Å². The van der Waals surface area contributed by atoms with Crippen LogP contribution in [0.15, 0.2) is 29.1 Å². The minimum Gasteiger partial charge on any atom is -0.444 e. The summed E-state index contributed by atoms with van der Waals surface area (Å²) in [5.74, 6) is 6.45. The number of carbonyl (C=O) groups is 1. The molecule has 0 spiro atoms. The number of oxazole rings is 1. The molecule has 0 aliphatic rings. The van der Waals surface area contributed by atoms with Gasteiger partial charge in [-0.1, -0.05) is 11.8 Å². The standard InChI is InChI=1S/C15H16N4O2/c1-10-8-18-15(21-10)11(2)19-14(20)13-5-7-17-9-12(13)4-3-6-16/h5,7-9,11H,6,16H2,1-2H3,(H,19,20). The first-order chi connectivity index (χ1) is 10.1. The summed E-state index contributed by atoms with van der Waals surface area (Å²) in [5, 5.41) is 2.82. The van der Waals surface area contributed by atoms with E-state index in [0.29, 0.717) is 22.8 Å². The summed E-state index contributed by atoms with van der Waals surface area (Å²) in [6.45, 7) is 3.83. The van der Waals surface area contributed by atoms with E-state index in [-0.39, 0.29) is 18.5 Å². The lowest BCUT2D eigenvalue weighted by Crippen LogP contribution is -2.27. The van der Waals surface area contributed by atoms with E-state index >= 15 is 0 Å². The van der Waals surface area contributed by atoms with Crippen molar-refractivity contribution in [3.8, 4) is 11.8 Å². The highest BCUT2D eigenvalue weighted by atomic mass is 16.4. The van der Waals surface area contributed by atoms with E-state index in [1.54, 1.807) is 32.3 Å². The van der Waals surface area contributed by atoms with Gasteiger partial charge in [-0.05, 0) is 19.9 Å². The lowest BCUT2D eigenvalue weighted by molar-refractivity contribution is 0.0933. The van der Waals surface area contributed by atoms with Gasteiger partial charge in [-0.15, -0.1) is 0 Å². The van der Waals surface area contributed by atoms with Crippen molar-refractivity contribution in [3.05, 3.63) is 47.4 Å². The summed E-state index contributed by atoms with van der Waals surface area (Å²) in [5.41, 5.74) is 6.33. The minimum atomic E-state index is -0.338. The van der Waals surface area contributed by atoms with Gasteiger partial charge in [-0.3, -0.25) is 9.78 Å². The molecule has 2 rings (SSSR count). The Kier molecular flexibility index (Phi) is 4.69. The number of carbonyl (C=O) groups excluding carboxylic acids is 1. The van der Waals surface area contributed by atoms with E-state index in [1.165, 1.54) is 6.20 Å². The summed E-state index contributed by atoms with van der Waals surface area (Å²) in [6, 6.07) is 1.28. The predicted octanol–water partition coefficient (Wildman–Crippen LogP) is 1.18. The van der Waals surface area contributed by atoms with Gasteiger partial charge in [0.15, 0.2) is 0 Å². The van der Waals surface area contributed by atoms with Crippen LogP contribution >= 0.6 is 0 Å². The van der Waals surface area contributed by atoms with Gasteiger partial charge in [0.25, 0.3) is 5.91 Å². The molecule has 0 fully saturated rings. The molecule has 0 aliphatic carbocycles. The Morgan fingerprint density at radius 3 is 3.00 bits per heavy atom. The molecule has 0 radical (unpaired) electrons. The zero-order chi connectivity index (χ0) is 15.2. The fourth-order valence-electron chi connectivity index (χ4n) is 1.75. The molecule has 6 nitrogen and oxygen atoms in total. The molecule has 108 valence electrons. The number of pyridine rings is 1. The van der Waals surface area contributed by atoms with Crippen LogP contribution in [0, 0.1) is 18.8 Å². The molecule has 2 aromatic rings. The number of hydrogen-bond acceptors (Lipinski definition) is 5. The van der Waals surface area contributed by atoms with Crippen molar-refractivity contribution in [2.24, 2.45) is 5.73 Å². The number of nitrogens with two attached hydrogens (primary N) is 1. The lowest BCUT2D eigenvalue weighted by Gasteiger charge is -2.11. The molecule has 0 saturated carbocycles. The number of aryl methyl sites for hydroxylation is 1. The van der Waals surface area contributed by atoms with Gasteiger partial charge in [0.05, 0.1) is 23.9 Å². The Hall–Kier alpha value is -2.65. The van der Waals surface area contributed by atoms with Gasteiger partial charge >= 0.3 is 0 Å². The first-order valence-electron chi connectivity index (χ1n) is 6.48. The molecular formula is C15H16N4O2. The molecule has 2 aromatic heterocycles. The van der Waals surface area contributed by atoms with E-state index in [1.807, 2.05) is 0 Å². The second-order valence-corrected chi connectivity index (χ2v) is 4.43. The highest BCUT2D eigenvalue weighted by Crippen LogP contribution is 2.14. The SMILES string of the molecule is Cc1cnc(C(C)NC(=O)c2ccncc2C#CCN)o1. The van der Waals surface area contributed by atoms with Crippen molar-refractivity contribution >= 4 is 5.91 Å². The summed E-state index contributed by atoms with van der Waals surface area (Å²) in [4.78, 5) is 20.4. The average Bonchev–Trinajstić information content (AvgIpc) is 2.92. The van der Waals surface area contributed by atoms with E-state index in [0.717, 1.165) is 0 Å². The molecule has 2 heterocycles. The fourth-order valence-corrected chi connectivity index (χ4v) is 1.75. The summed E-state index contributed by atoms with van der Waals surface area (Å²) < 4.78 is 5.39. The molecule has 3 N–H and O–H groups in total. The Bertz CT molecular complexity index is 697. The highest BCUT2D eigenvalue weighted by Gasteiger charge is 2.17. The largest absolute Gasteiger partial charge is 0.444 e. The molecule has 21 heavy (non-hydrogen) atoms. The zero-order valence-electron chi connectivity index (χ0n) is 11.9. The molecule has 0 bridgehead atoms. The van der Waals surface area contributed by atoms with Crippen LogP contribution in [-0.2, 0) is 0 Å². The Balaban J connectivity index is 2.17. The van der Waals surface area contributed by atoms with Crippen LogP contribution in [0.4, 0.5) is 0 Å². The van der Waals surface area contributed by atoms with Crippen LogP contribution < -0.4 is 11.1 Å². The summed E-state index contributed by atoms with van der Waals surface area (Å²) >= 11 is 0. The number of nitrogens with zero attached hydrogens (tertiary/aromatic N) is 2. The van der Waals surface area contributed by atoms with Crippen LogP contribution in [-0.4, -0.2) is 22.4 Å². The monoisotopic (exact) mass is 284 g/mol. The van der Waals surface area contributed by atoms with Gasteiger partial charge in [0.2, 0.25) is 5.89 Å². The summed E-state index contributed by atoms with van der Waals surface area (Å²) in [6.07, 6.45) is 4.70. The second kappa shape index (κ2) is 6.68. The minimum absolute atomic E-state index is 0.224. The van der Waals surface area contributed by atoms with Crippen LogP contribution in [0.1, 0.15) is 40.5 Å². The van der Waals surface area contributed by atoms with Gasteiger partial charge in [-0.25, -0.2) is 4.98 Å². The molecule has 1 atom stereocenters. The molecule has 1 amide bonds. The number of rotatable bonds is 3. The third-order valence-corrected chi connectivity index (χ3v) is 2.75. The van der Waals surface area contributed by atoms with Gasteiger partial charge in [-0.2, -0.15) is 0 Å². The van der Waals surface area contributed by atoms with Crippen LogP contribution in [0.2, 0.25) is 0 Å². The van der Waals surface area contributed by atoms with Crippen molar-refractivity contribution in [1.82, 2.24) is 15.3 Å².